The Kier molecular flexibility index (Phi) is 3.76. The summed E-state index contributed by atoms with van der Waals surface area (Å²) >= 11 is 0. The van der Waals surface area contributed by atoms with Gasteiger partial charge in [-0.15, -0.1) is 0 Å². The Hall–Kier alpha value is -0.410. The standard InChI is InChI=1S/C12H20O3/c13-11(9-4-2-1-3-5-9)12(14)10-6-7-15-8-10/h9-11,13H,1-8H2. The lowest BCUT2D eigenvalue weighted by Crippen LogP contribution is -2.35. The van der Waals surface area contributed by atoms with Gasteiger partial charge in [-0.3, -0.25) is 4.79 Å². The normalized spacial score (nSPS) is 30.3. The molecule has 15 heavy (non-hydrogen) atoms. The van der Waals surface area contributed by atoms with Crippen molar-refractivity contribution in [1.29, 1.82) is 0 Å². The SMILES string of the molecule is O=C(C1CCOC1)C(O)C1CCCCC1. The van der Waals surface area contributed by atoms with Gasteiger partial charge in [0.25, 0.3) is 0 Å². The maximum Gasteiger partial charge on any atom is 0.166 e. The molecule has 3 heteroatoms. The van der Waals surface area contributed by atoms with Crippen molar-refractivity contribution >= 4 is 5.78 Å². The number of ether oxygens (including phenoxy) is 1. The van der Waals surface area contributed by atoms with Gasteiger partial charge >= 0.3 is 0 Å². The van der Waals surface area contributed by atoms with E-state index in [1.807, 2.05) is 0 Å². The van der Waals surface area contributed by atoms with Crippen LogP contribution < -0.4 is 0 Å². The van der Waals surface area contributed by atoms with Crippen molar-refractivity contribution in [3.8, 4) is 0 Å². The highest BCUT2D eigenvalue weighted by atomic mass is 16.5. The number of hydrogen-bond acceptors (Lipinski definition) is 3. The van der Waals surface area contributed by atoms with E-state index in [0.29, 0.717) is 13.2 Å². The van der Waals surface area contributed by atoms with Crippen molar-refractivity contribution < 1.29 is 14.6 Å². The Balaban J connectivity index is 1.87. The summed E-state index contributed by atoms with van der Waals surface area (Å²) in [6, 6.07) is 0. The van der Waals surface area contributed by atoms with Crippen molar-refractivity contribution in [1.82, 2.24) is 0 Å². The molecule has 0 spiro atoms. The van der Waals surface area contributed by atoms with Gasteiger partial charge in [-0.05, 0) is 25.2 Å². The summed E-state index contributed by atoms with van der Waals surface area (Å²) in [6.07, 6.45) is 5.68. The number of carbonyl (C=O) groups is 1. The molecule has 0 aromatic rings. The Morgan fingerprint density at radius 1 is 1.20 bits per heavy atom. The second-order valence-corrected chi connectivity index (χ2v) is 4.81. The summed E-state index contributed by atoms with van der Waals surface area (Å²) < 4.78 is 5.18. The van der Waals surface area contributed by atoms with Gasteiger partial charge in [-0.25, -0.2) is 0 Å². The van der Waals surface area contributed by atoms with E-state index in [9.17, 15) is 9.90 Å². The first-order chi connectivity index (χ1) is 7.29. The third-order valence-electron chi connectivity index (χ3n) is 3.72. The number of aliphatic hydroxyl groups is 1. The molecule has 2 atom stereocenters. The molecule has 1 saturated carbocycles. The van der Waals surface area contributed by atoms with Gasteiger partial charge in [-0.2, -0.15) is 0 Å². The maximum absolute atomic E-state index is 11.9. The van der Waals surface area contributed by atoms with Crippen molar-refractivity contribution in [2.24, 2.45) is 11.8 Å². The average Bonchev–Trinajstić information content (AvgIpc) is 2.82. The topological polar surface area (TPSA) is 46.5 Å². The maximum atomic E-state index is 11.9. The second kappa shape index (κ2) is 5.08. The van der Waals surface area contributed by atoms with Gasteiger partial charge < -0.3 is 9.84 Å². The third kappa shape index (κ3) is 2.58. The van der Waals surface area contributed by atoms with Crippen LogP contribution in [0.15, 0.2) is 0 Å². The Morgan fingerprint density at radius 2 is 1.93 bits per heavy atom. The minimum Gasteiger partial charge on any atom is -0.385 e. The van der Waals surface area contributed by atoms with E-state index >= 15 is 0 Å². The highest BCUT2D eigenvalue weighted by Gasteiger charge is 2.33. The summed E-state index contributed by atoms with van der Waals surface area (Å²) in [5.74, 6) is 0.202. The second-order valence-electron chi connectivity index (χ2n) is 4.81. The number of rotatable bonds is 3. The molecule has 2 unspecified atom stereocenters. The lowest BCUT2D eigenvalue weighted by molar-refractivity contribution is -0.134. The molecule has 0 aromatic carbocycles. The van der Waals surface area contributed by atoms with Crippen LogP contribution in [0.5, 0.6) is 0 Å². The van der Waals surface area contributed by atoms with E-state index in [2.05, 4.69) is 0 Å². The first kappa shape index (κ1) is 11.1. The summed E-state index contributed by atoms with van der Waals surface area (Å²) in [5, 5.41) is 10.00. The molecule has 0 radical (unpaired) electrons. The van der Waals surface area contributed by atoms with Crippen molar-refractivity contribution in [2.75, 3.05) is 13.2 Å². The third-order valence-corrected chi connectivity index (χ3v) is 3.72. The number of ketones is 1. The van der Waals surface area contributed by atoms with Crippen molar-refractivity contribution in [3.05, 3.63) is 0 Å². The van der Waals surface area contributed by atoms with Crippen LogP contribution in [0.1, 0.15) is 38.5 Å². The fourth-order valence-corrected chi connectivity index (χ4v) is 2.68. The number of carbonyl (C=O) groups excluding carboxylic acids is 1. The largest absolute Gasteiger partial charge is 0.385 e. The smallest absolute Gasteiger partial charge is 0.166 e. The van der Waals surface area contributed by atoms with Crippen LogP contribution in [0, 0.1) is 11.8 Å². The van der Waals surface area contributed by atoms with Crippen LogP contribution in [-0.4, -0.2) is 30.2 Å². The van der Waals surface area contributed by atoms with E-state index in [4.69, 9.17) is 4.74 Å². The van der Waals surface area contributed by atoms with Crippen LogP contribution in [0.2, 0.25) is 0 Å². The average molecular weight is 212 g/mol. The zero-order valence-electron chi connectivity index (χ0n) is 9.15. The molecule has 1 N–H and O–H groups in total. The van der Waals surface area contributed by atoms with Crippen LogP contribution in [-0.2, 0) is 9.53 Å². The molecule has 2 aliphatic rings. The minimum atomic E-state index is -0.725. The van der Waals surface area contributed by atoms with E-state index in [-0.39, 0.29) is 17.6 Å². The van der Waals surface area contributed by atoms with E-state index in [0.717, 1.165) is 32.1 Å². The van der Waals surface area contributed by atoms with Crippen LogP contribution in [0.3, 0.4) is 0 Å². The quantitative estimate of drug-likeness (QED) is 0.771. The zero-order chi connectivity index (χ0) is 10.7. The van der Waals surface area contributed by atoms with Gasteiger partial charge in [0.2, 0.25) is 0 Å². The molecule has 1 heterocycles. The van der Waals surface area contributed by atoms with E-state index in [1.165, 1.54) is 6.42 Å². The van der Waals surface area contributed by atoms with Gasteiger partial charge in [0.15, 0.2) is 5.78 Å². The molecular weight excluding hydrogens is 192 g/mol. The fourth-order valence-electron chi connectivity index (χ4n) is 2.68. The number of aliphatic hydroxyl groups excluding tert-OH is 1. The molecule has 1 aliphatic heterocycles. The molecule has 2 rings (SSSR count). The van der Waals surface area contributed by atoms with Crippen molar-refractivity contribution in [2.45, 2.75) is 44.6 Å². The van der Waals surface area contributed by atoms with E-state index < -0.39 is 6.10 Å². The molecule has 0 aromatic heterocycles. The molecule has 86 valence electrons. The van der Waals surface area contributed by atoms with Gasteiger partial charge in [0, 0.05) is 12.5 Å². The summed E-state index contributed by atoms with van der Waals surface area (Å²) in [6.45, 7) is 1.19. The molecule has 0 bridgehead atoms. The highest BCUT2D eigenvalue weighted by molar-refractivity contribution is 5.85. The summed E-state index contributed by atoms with van der Waals surface area (Å²) in [5.41, 5.74) is 0. The molecule has 2 fully saturated rings. The Labute approximate surface area is 90.8 Å². The summed E-state index contributed by atoms with van der Waals surface area (Å²) in [4.78, 5) is 11.9. The lowest BCUT2D eigenvalue weighted by Gasteiger charge is -2.26. The first-order valence-electron chi connectivity index (χ1n) is 6.08. The van der Waals surface area contributed by atoms with Crippen LogP contribution in [0.25, 0.3) is 0 Å². The van der Waals surface area contributed by atoms with E-state index in [1.54, 1.807) is 0 Å². The Morgan fingerprint density at radius 3 is 2.53 bits per heavy atom. The van der Waals surface area contributed by atoms with Gasteiger partial charge in [0.05, 0.1) is 6.61 Å². The number of hydrogen-bond donors (Lipinski definition) is 1. The van der Waals surface area contributed by atoms with Crippen LogP contribution >= 0.6 is 0 Å². The van der Waals surface area contributed by atoms with Gasteiger partial charge in [-0.1, -0.05) is 19.3 Å². The number of Topliss-reactive ketones (excluding diaryl/α,β-unsaturated/α-hetero) is 1. The molecular formula is C12H20O3. The molecule has 1 saturated heterocycles. The van der Waals surface area contributed by atoms with Gasteiger partial charge in [0.1, 0.15) is 6.10 Å². The van der Waals surface area contributed by atoms with Crippen LogP contribution in [0.4, 0.5) is 0 Å². The highest BCUT2D eigenvalue weighted by Crippen LogP contribution is 2.29. The molecule has 1 aliphatic carbocycles. The Bertz CT molecular complexity index is 215. The predicted molar refractivity (Wildman–Crippen MR) is 56.5 cm³/mol. The predicted octanol–water partition coefficient (Wildman–Crippen LogP) is 1.53. The molecule has 3 nitrogen and oxygen atoms in total. The van der Waals surface area contributed by atoms with Crippen molar-refractivity contribution in [3.63, 3.8) is 0 Å². The minimum absolute atomic E-state index is 0.0272. The monoisotopic (exact) mass is 212 g/mol. The molecule has 0 amide bonds. The summed E-state index contributed by atoms with van der Waals surface area (Å²) in [7, 11) is 0. The fraction of sp³-hybridized carbons (Fsp3) is 0.917. The zero-order valence-corrected chi connectivity index (χ0v) is 9.15. The first-order valence-corrected chi connectivity index (χ1v) is 6.08. The lowest BCUT2D eigenvalue weighted by atomic mass is 9.81.